The van der Waals surface area contributed by atoms with Crippen molar-refractivity contribution < 1.29 is 4.79 Å². The molecule has 0 aliphatic heterocycles. The van der Waals surface area contributed by atoms with Crippen LogP contribution in [0.15, 0.2) is 70.2 Å². The van der Waals surface area contributed by atoms with Crippen molar-refractivity contribution in [2.45, 2.75) is 26.2 Å². The highest BCUT2D eigenvalue weighted by atomic mass is 79.9. The summed E-state index contributed by atoms with van der Waals surface area (Å²) in [6.45, 7) is 6.20. The second-order valence-electron chi connectivity index (χ2n) is 7.16. The summed E-state index contributed by atoms with van der Waals surface area (Å²) in [6, 6.07) is 19.1. The summed E-state index contributed by atoms with van der Waals surface area (Å²) >= 11 is 3.39. The molecule has 0 radical (unpaired) electrons. The summed E-state index contributed by atoms with van der Waals surface area (Å²) in [7, 11) is 0. The van der Waals surface area contributed by atoms with E-state index >= 15 is 0 Å². The Hall–Kier alpha value is -2.73. The SMILES string of the molecule is CC(C)(C)c1cc(C(=O)NN=Cc2ccc(Br)cc2)n(-c2ccccc2)n1. The zero-order valence-electron chi connectivity index (χ0n) is 15.5. The number of nitrogens with zero attached hydrogens (tertiary/aromatic N) is 3. The largest absolute Gasteiger partial charge is 0.290 e. The topological polar surface area (TPSA) is 59.3 Å². The molecule has 0 bridgehead atoms. The fourth-order valence-electron chi connectivity index (χ4n) is 2.45. The molecule has 0 aliphatic rings. The molecule has 0 saturated heterocycles. The van der Waals surface area contributed by atoms with Gasteiger partial charge in [-0.2, -0.15) is 10.2 Å². The van der Waals surface area contributed by atoms with Gasteiger partial charge in [0.25, 0.3) is 5.91 Å². The Morgan fingerprint density at radius 2 is 1.78 bits per heavy atom. The fraction of sp³-hybridized carbons (Fsp3) is 0.190. The molecular weight excluding hydrogens is 404 g/mol. The Kier molecular flexibility index (Phi) is 5.56. The van der Waals surface area contributed by atoms with Crippen LogP contribution in [0, 0.1) is 0 Å². The third kappa shape index (κ3) is 4.71. The predicted molar refractivity (Wildman–Crippen MR) is 111 cm³/mol. The minimum atomic E-state index is -0.310. The summed E-state index contributed by atoms with van der Waals surface area (Å²) in [4.78, 5) is 12.7. The minimum Gasteiger partial charge on any atom is -0.266 e. The lowest BCUT2D eigenvalue weighted by molar-refractivity contribution is 0.0947. The molecule has 0 fully saturated rings. The van der Waals surface area contributed by atoms with E-state index in [1.165, 1.54) is 0 Å². The molecule has 1 heterocycles. The van der Waals surface area contributed by atoms with Gasteiger partial charge in [0, 0.05) is 9.89 Å². The van der Waals surface area contributed by atoms with Crippen molar-refractivity contribution in [3.05, 3.63) is 82.1 Å². The number of para-hydroxylation sites is 1. The Bertz CT molecular complexity index is 954. The van der Waals surface area contributed by atoms with Gasteiger partial charge in [0.2, 0.25) is 0 Å². The first-order valence-corrected chi connectivity index (χ1v) is 9.39. The van der Waals surface area contributed by atoms with Crippen molar-refractivity contribution in [2.24, 2.45) is 5.10 Å². The number of aromatic nitrogens is 2. The zero-order chi connectivity index (χ0) is 19.4. The third-order valence-corrected chi connectivity index (χ3v) is 4.49. The molecule has 27 heavy (non-hydrogen) atoms. The normalized spacial score (nSPS) is 11.7. The van der Waals surface area contributed by atoms with Gasteiger partial charge in [-0.1, -0.05) is 67.0 Å². The van der Waals surface area contributed by atoms with E-state index in [2.05, 4.69) is 52.3 Å². The van der Waals surface area contributed by atoms with Gasteiger partial charge in [0.15, 0.2) is 0 Å². The second kappa shape index (κ2) is 7.88. The summed E-state index contributed by atoms with van der Waals surface area (Å²) in [5, 5.41) is 8.72. The van der Waals surface area contributed by atoms with E-state index in [4.69, 9.17) is 0 Å². The number of hydrogen-bond donors (Lipinski definition) is 1. The van der Waals surface area contributed by atoms with E-state index in [0.717, 1.165) is 21.4 Å². The lowest BCUT2D eigenvalue weighted by Crippen LogP contribution is -2.21. The van der Waals surface area contributed by atoms with Crippen molar-refractivity contribution in [3.63, 3.8) is 0 Å². The molecule has 3 rings (SSSR count). The van der Waals surface area contributed by atoms with Crippen LogP contribution in [0.1, 0.15) is 42.5 Å². The van der Waals surface area contributed by atoms with E-state index < -0.39 is 0 Å². The first kappa shape index (κ1) is 19.0. The molecule has 138 valence electrons. The number of hydrazone groups is 1. The first-order valence-electron chi connectivity index (χ1n) is 8.59. The van der Waals surface area contributed by atoms with Gasteiger partial charge >= 0.3 is 0 Å². The number of nitrogens with one attached hydrogen (secondary N) is 1. The van der Waals surface area contributed by atoms with Gasteiger partial charge in [0.05, 0.1) is 17.6 Å². The van der Waals surface area contributed by atoms with Crippen molar-refractivity contribution in [1.82, 2.24) is 15.2 Å². The van der Waals surface area contributed by atoms with E-state index in [0.29, 0.717) is 5.69 Å². The Morgan fingerprint density at radius 3 is 2.41 bits per heavy atom. The Balaban J connectivity index is 1.86. The summed E-state index contributed by atoms with van der Waals surface area (Å²) in [5.74, 6) is -0.310. The minimum absolute atomic E-state index is 0.171. The van der Waals surface area contributed by atoms with Gasteiger partial charge in [0.1, 0.15) is 5.69 Å². The van der Waals surface area contributed by atoms with Crippen molar-refractivity contribution in [2.75, 3.05) is 0 Å². The molecular formula is C21H21BrN4O. The van der Waals surface area contributed by atoms with Crippen LogP contribution in [-0.4, -0.2) is 21.9 Å². The smallest absolute Gasteiger partial charge is 0.266 e. The highest BCUT2D eigenvalue weighted by molar-refractivity contribution is 9.10. The van der Waals surface area contributed by atoms with Gasteiger partial charge in [-0.15, -0.1) is 0 Å². The van der Waals surface area contributed by atoms with Gasteiger partial charge in [-0.3, -0.25) is 4.79 Å². The highest BCUT2D eigenvalue weighted by Crippen LogP contribution is 2.23. The predicted octanol–water partition coefficient (Wildman–Crippen LogP) is 4.70. The van der Waals surface area contributed by atoms with Crippen LogP contribution in [-0.2, 0) is 5.41 Å². The Morgan fingerprint density at radius 1 is 1.11 bits per heavy atom. The number of hydrogen-bond acceptors (Lipinski definition) is 3. The third-order valence-electron chi connectivity index (χ3n) is 3.96. The quantitative estimate of drug-likeness (QED) is 0.487. The van der Waals surface area contributed by atoms with Crippen LogP contribution < -0.4 is 5.43 Å². The van der Waals surface area contributed by atoms with E-state index in [-0.39, 0.29) is 11.3 Å². The van der Waals surface area contributed by atoms with E-state index in [1.807, 2.05) is 60.7 Å². The molecule has 0 saturated carbocycles. The summed E-state index contributed by atoms with van der Waals surface area (Å²) in [5.41, 5.74) is 5.43. The van der Waals surface area contributed by atoms with Crippen LogP contribution in [0.5, 0.6) is 0 Å². The fourth-order valence-corrected chi connectivity index (χ4v) is 2.71. The van der Waals surface area contributed by atoms with Crippen molar-refractivity contribution >= 4 is 28.1 Å². The van der Waals surface area contributed by atoms with Gasteiger partial charge in [-0.05, 0) is 35.9 Å². The molecule has 0 spiro atoms. The molecule has 0 aliphatic carbocycles. The maximum atomic E-state index is 12.7. The monoisotopic (exact) mass is 424 g/mol. The Labute approximate surface area is 167 Å². The van der Waals surface area contributed by atoms with Gasteiger partial charge in [-0.25, -0.2) is 10.1 Å². The molecule has 2 aromatic carbocycles. The number of carbonyl (C=O) groups excluding carboxylic acids is 1. The zero-order valence-corrected chi connectivity index (χ0v) is 17.1. The van der Waals surface area contributed by atoms with Crippen LogP contribution in [0.3, 0.4) is 0 Å². The summed E-state index contributed by atoms with van der Waals surface area (Å²) < 4.78 is 2.65. The standard InChI is InChI=1S/C21H21BrN4O/c1-21(2,3)19-13-18(26(25-19)17-7-5-4-6-8-17)20(27)24-23-14-15-9-11-16(22)12-10-15/h4-14H,1-3H3,(H,24,27). The number of rotatable bonds is 4. The second-order valence-corrected chi connectivity index (χ2v) is 8.08. The molecule has 6 heteroatoms. The molecule has 3 aromatic rings. The van der Waals surface area contributed by atoms with E-state index in [9.17, 15) is 4.79 Å². The number of amides is 1. The molecule has 1 amide bonds. The van der Waals surface area contributed by atoms with Crippen LogP contribution in [0.2, 0.25) is 0 Å². The number of benzene rings is 2. The van der Waals surface area contributed by atoms with Gasteiger partial charge < -0.3 is 0 Å². The van der Waals surface area contributed by atoms with E-state index in [1.54, 1.807) is 10.9 Å². The van der Waals surface area contributed by atoms with Crippen molar-refractivity contribution in [3.8, 4) is 5.69 Å². The van der Waals surface area contributed by atoms with Crippen LogP contribution in [0.4, 0.5) is 0 Å². The van der Waals surface area contributed by atoms with Crippen molar-refractivity contribution in [1.29, 1.82) is 0 Å². The molecule has 1 aromatic heterocycles. The molecule has 0 atom stereocenters. The lowest BCUT2D eigenvalue weighted by Gasteiger charge is -2.14. The maximum Gasteiger partial charge on any atom is 0.290 e. The highest BCUT2D eigenvalue weighted by Gasteiger charge is 2.23. The van der Waals surface area contributed by atoms with Crippen LogP contribution in [0.25, 0.3) is 5.69 Å². The first-order chi connectivity index (χ1) is 12.8. The average Bonchev–Trinajstić information content (AvgIpc) is 3.10. The maximum absolute atomic E-state index is 12.7. The molecule has 1 N–H and O–H groups in total. The molecule has 5 nitrogen and oxygen atoms in total. The summed E-state index contributed by atoms with van der Waals surface area (Å²) in [6.07, 6.45) is 1.61. The van der Waals surface area contributed by atoms with Crippen LogP contribution >= 0.6 is 15.9 Å². The molecule has 0 unspecified atom stereocenters. The number of carbonyl (C=O) groups is 1. The average molecular weight is 425 g/mol. The number of halogens is 1. The lowest BCUT2D eigenvalue weighted by atomic mass is 9.92.